The molecule has 0 aromatic heterocycles. The molecule has 0 aromatic carbocycles. The minimum absolute atomic E-state index is 0.582. The van der Waals surface area contributed by atoms with Crippen molar-refractivity contribution in [2.24, 2.45) is 22.7 Å². The van der Waals surface area contributed by atoms with Gasteiger partial charge in [0, 0.05) is 36.3 Å². The molecule has 0 spiro atoms. The highest BCUT2D eigenvalue weighted by atomic mass is 32.2. The van der Waals surface area contributed by atoms with Gasteiger partial charge in [-0.1, -0.05) is 6.42 Å². The van der Waals surface area contributed by atoms with Crippen LogP contribution in [0.5, 0.6) is 0 Å². The molecule has 0 N–H and O–H groups in total. The van der Waals surface area contributed by atoms with E-state index in [0.717, 1.165) is 17.9 Å². The molecule has 5 atom stereocenters. The van der Waals surface area contributed by atoms with Crippen LogP contribution >= 0.6 is 11.8 Å². The number of thioether (sulfide) groups is 1. The molecule has 4 rings (SSSR count). The second-order valence-electron chi connectivity index (χ2n) is 5.62. The van der Waals surface area contributed by atoms with Crippen LogP contribution in [0.25, 0.3) is 0 Å². The third kappa shape index (κ3) is 1.44. The SMILES string of the molecule is C1=CC2C(C=N1)C1CCCC3CSC=CN2C31. The van der Waals surface area contributed by atoms with Gasteiger partial charge in [-0.15, -0.1) is 11.8 Å². The Labute approximate surface area is 107 Å². The van der Waals surface area contributed by atoms with E-state index in [2.05, 4.69) is 33.8 Å². The van der Waals surface area contributed by atoms with E-state index in [0.29, 0.717) is 12.0 Å². The van der Waals surface area contributed by atoms with Gasteiger partial charge < -0.3 is 4.90 Å². The Hall–Kier alpha value is -0.700. The largest absolute Gasteiger partial charge is 0.366 e. The number of fused-ring (bicyclic) bond motifs is 3. The van der Waals surface area contributed by atoms with Crippen molar-refractivity contribution in [2.45, 2.75) is 31.3 Å². The van der Waals surface area contributed by atoms with Crippen LogP contribution in [-0.4, -0.2) is 29.0 Å². The molecular weight excluding hydrogens is 228 g/mol. The van der Waals surface area contributed by atoms with Gasteiger partial charge in [0.1, 0.15) is 0 Å². The lowest BCUT2D eigenvalue weighted by atomic mass is 9.74. The second-order valence-corrected chi connectivity index (χ2v) is 6.56. The normalized spacial score (nSPS) is 46.6. The van der Waals surface area contributed by atoms with Crippen molar-refractivity contribution < 1.29 is 0 Å². The first kappa shape index (κ1) is 10.2. The summed E-state index contributed by atoms with van der Waals surface area (Å²) in [7, 11) is 0. The van der Waals surface area contributed by atoms with Crippen molar-refractivity contribution in [3.63, 3.8) is 0 Å². The molecule has 2 fully saturated rings. The van der Waals surface area contributed by atoms with Crippen LogP contribution in [-0.2, 0) is 0 Å². The zero-order valence-electron chi connectivity index (χ0n) is 9.90. The van der Waals surface area contributed by atoms with Gasteiger partial charge in [0.2, 0.25) is 0 Å². The Balaban J connectivity index is 1.77. The average Bonchev–Trinajstić information content (AvgIpc) is 2.56. The van der Waals surface area contributed by atoms with E-state index in [-0.39, 0.29) is 0 Å². The van der Waals surface area contributed by atoms with Crippen LogP contribution in [0.1, 0.15) is 19.3 Å². The zero-order chi connectivity index (χ0) is 11.2. The van der Waals surface area contributed by atoms with Gasteiger partial charge in [-0.3, -0.25) is 4.99 Å². The molecule has 17 heavy (non-hydrogen) atoms. The molecule has 3 heteroatoms. The van der Waals surface area contributed by atoms with E-state index in [1.54, 1.807) is 0 Å². The molecule has 1 saturated carbocycles. The molecule has 90 valence electrons. The minimum atomic E-state index is 0.582. The Bertz CT molecular complexity index is 401. The summed E-state index contributed by atoms with van der Waals surface area (Å²) in [6.45, 7) is 0. The van der Waals surface area contributed by atoms with Gasteiger partial charge in [-0.05, 0) is 36.2 Å². The zero-order valence-corrected chi connectivity index (χ0v) is 10.7. The molecule has 3 heterocycles. The topological polar surface area (TPSA) is 15.6 Å². The van der Waals surface area contributed by atoms with E-state index in [4.69, 9.17) is 0 Å². The van der Waals surface area contributed by atoms with Crippen molar-refractivity contribution in [1.82, 2.24) is 4.90 Å². The maximum atomic E-state index is 4.39. The molecule has 0 radical (unpaired) electrons. The van der Waals surface area contributed by atoms with Crippen molar-refractivity contribution >= 4 is 18.0 Å². The molecule has 0 bridgehead atoms. The number of hydrogen-bond acceptors (Lipinski definition) is 3. The Morgan fingerprint density at radius 2 is 2.29 bits per heavy atom. The molecular formula is C14H18N2S. The molecule has 4 aliphatic rings. The predicted molar refractivity (Wildman–Crippen MR) is 73.0 cm³/mol. The summed E-state index contributed by atoms with van der Waals surface area (Å²) in [5.41, 5.74) is 0. The summed E-state index contributed by atoms with van der Waals surface area (Å²) in [4.78, 5) is 7.03. The number of rotatable bonds is 0. The fourth-order valence-corrected chi connectivity index (χ4v) is 5.18. The van der Waals surface area contributed by atoms with Gasteiger partial charge in [0.15, 0.2) is 0 Å². The first-order valence-electron chi connectivity index (χ1n) is 6.71. The third-order valence-corrected chi connectivity index (χ3v) is 5.81. The maximum absolute atomic E-state index is 4.39. The van der Waals surface area contributed by atoms with Gasteiger partial charge in [-0.25, -0.2) is 0 Å². The molecule has 0 amide bonds. The first-order valence-corrected chi connectivity index (χ1v) is 7.76. The highest BCUT2D eigenvalue weighted by molar-refractivity contribution is 8.02. The summed E-state index contributed by atoms with van der Waals surface area (Å²) >= 11 is 2.00. The lowest BCUT2D eigenvalue weighted by molar-refractivity contribution is 0.163. The quantitative estimate of drug-likeness (QED) is 0.653. The van der Waals surface area contributed by atoms with Gasteiger partial charge in [-0.2, -0.15) is 0 Å². The lowest BCUT2D eigenvalue weighted by Crippen LogP contribution is -2.40. The Morgan fingerprint density at radius 3 is 3.29 bits per heavy atom. The van der Waals surface area contributed by atoms with Crippen LogP contribution in [0.2, 0.25) is 0 Å². The van der Waals surface area contributed by atoms with Crippen LogP contribution in [0.4, 0.5) is 0 Å². The van der Waals surface area contributed by atoms with Crippen molar-refractivity contribution in [2.75, 3.05) is 5.75 Å². The van der Waals surface area contributed by atoms with Crippen LogP contribution < -0.4 is 0 Å². The summed E-state index contributed by atoms with van der Waals surface area (Å²) in [5, 5.41) is 2.30. The molecule has 1 aliphatic carbocycles. The summed E-state index contributed by atoms with van der Waals surface area (Å²) < 4.78 is 0. The van der Waals surface area contributed by atoms with Gasteiger partial charge >= 0.3 is 0 Å². The summed E-state index contributed by atoms with van der Waals surface area (Å²) in [5.74, 6) is 3.71. The molecule has 1 saturated heterocycles. The Kier molecular flexibility index (Phi) is 2.35. The van der Waals surface area contributed by atoms with Crippen LogP contribution in [0.3, 0.4) is 0 Å². The average molecular weight is 246 g/mol. The standard InChI is InChI=1S/C14H18N2S/c1-2-10-9-17-7-6-16-13-4-5-15-8-12(13)11(3-1)14(10)16/h4-8,10-14H,1-3,9H2. The molecule has 0 aromatic rings. The fraction of sp³-hybridized carbons (Fsp3) is 0.643. The van der Waals surface area contributed by atoms with Crippen molar-refractivity contribution in [3.8, 4) is 0 Å². The molecule has 3 aliphatic heterocycles. The van der Waals surface area contributed by atoms with E-state index in [1.807, 2.05) is 18.0 Å². The van der Waals surface area contributed by atoms with E-state index in [9.17, 15) is 0 Å². The third-order valence-electron chi connectivity index (χ3n) is 4.88. The highest BCUT2D eigenvalue weighted by Gasteiger charge is 2.50. The van der Waals surface area contributed by atoms with Crippen LogP contribution in [0.15, 0.2) is 28.9 Å². The van der Waals surface area contributed by atoms with Crippen molar-refractivity contribution in [1.29, 1.82) is 0 Å². The molecule has 2 nitrogen and oxygen atoms in total. The minimum Gasteiger partial charge on any atom is -0.366 e. The van der Waals surface area contributed by atoms with E-state index < -0.39 is 0 Å². The molecule has 5 unspecified atom stereocenters. The summed E-state index contributed by atoms with van der Waals surface area (Å²) in [6, 6.07) is 1.36. The van der Waals surface area contributed by atoms with E-state index in [1.165, 1.54) is 25.0 Å². The first-order chi connectivity index (χ1) is 8.45. The number of aliphatic imine (C=N–C) groups is 1. The Morgan fingerprint density at radius 1 is 1.29 bits per heavy atom. The smallest absolute Gasteiger partial charge is 0.0570 e. The monoisotopic (exact) mass is 246 g/mol. The van der Waals surface area contributed by atoms with Crippen LogP contribution in [0, 0.1) is 17.8 Å². The lowest BCUT2D eigenvalue weighted by Gasteiger charge is -2.37. The highest BCUT2D eigenvalue weighted by Crippen LogP contribution is 2.48. The number of hydrogen-bond donors (Lipinski definition) is 0. The summed E-state index contributed by atoms with van der Waals surface area (Å²) in [6.07, 6.45) is 13.1. The van der Waals surface area contributed by atoms with Crippen molar-refractivity contribution in [3.05, 3.63) is 23.9 Å². The number of nitrogens with zero attached hydrogens (tertiary/aromatic N) is 2. The second kappa shape index (κ2) is 3.91. The fourth-order valence-electron chi connectivity index (χ4n) is 4.23. The van der Waals surface area contributed by atoms with E-state index >= 15 is 0 Å². The predicted octanol–water partition coefficient (Wildman–Crippen LogP) is 2.89. The van der Waals surface area contributed by atoms with Gasteiger partial charge in [0.25, 0.3) is 0 Å². The maximum Gasteiger partial charge on any atom is 0.0570 e. The van der Waals surface area contributed by atoms with Gasteiger partial charge in [0.05, 0.1) is 6.04 Å².